The molecule has 6 heteroatoms. The maximum Gasteiger partial charge on any atom is 0.208 e. The van der Waals surface area contributed by atoms with Gasteiger partial charge in [-0.25, -0.2) is 0 Å². The Bertz CT molecular complexity index is 679. The summed E-state index contributed by atoms with van der Waals surface area (Å²) in [6.45, 7) is -0.277. The molecule has 92 valence electrons. The van der Waals surface area contributed by atoms with Gasteiger partial charge in [0.1, 0.15) is 12.1 Å². The number of rotatable bonds is 3. The van der Waals surface area contributed by atoms with Crippen LogP contribution in [0.5, 0.6) is 0 Å². The zero-order valence-electron chi connectivity index (χ0n) is 9.74. The van der Waals surface area contributed by atoms with Crippen molar-refractivity contribution in [2.24, 2.45) is 7.05 Å². The van der Waals surface area contributed by atoms with Gasteiger partial charge in [-0.2, -0.15) is 0 Å². The van der Waals surface area contributed by atoms with Gasteiger partial charge in [-0.05, 0) is 11.2 Å². The van der Waals surface area contributed by atoms with Gasteiger partial charge in [0.2, 0.25) is 6.20 Å². The quantitative estimate of drug-likeness (QED) is 0.439. The van der Waals surface area contributed by atoms with Crippen LogP contribution in [0.4, 0.5) is 0 Å². The van der Waals surface area contributed by atoms with Crippen molar-refractivity contribution in [1.29, 1.82) is 0 Å². The fraction of sp³-hybridized carbons (Fsp3) is 0.167. The SMILES string of the molecule is C#CCOP(=O)([O-])c1c[n+](C)nc2ccccc12. The maximum atomic E-state index is 12.0. The topological polar surface area (TPSA) is 66.1 Å². The minimum atomic E-state index is -4.19. The lowest BCUT2D eigenvalue weighted by molar-refractivity contribution is -0.727. The number of terminal acetylenes is 1. The molecule has 0 spiro atoms. The number of hydrogen-bond donors (Lipinski definition) is 0. The van der Waals surface area contributed by atoms with Crippen LogP contribution in [-0.4, -0.2) is 11.7 Å². The van der Waals surface area contributed by atoms with E-state index in [2.05, 4.69) is 11.0 Å². The third kappa shape index (κ3) is 2.41. The highest BCUT2D eigenvalue weighted by molar-refractivity contribution is 7.60. The zero-order valence-corrected chi connectivity index (χ0v) is 10.6. The monoisotopic (exact) mass is 262 g/mol. The molecule has 1 unspecified atom stereocenters. The van der Waals surface area contributed by atoms with Crippen LogP contribution < -0.4 is 14.9 Å². The zero-order chi connectivity index (χ0) is 13.2. The summed E-state index contributed by atoms with van der Waals surface area (Å²) in [7, 11) is -2.54. The van der Waals surface area contributed by atoms with E-state index in [4.69, 9.17) is 10.9 Å². The van der Waals surface area contributed by atoms with Crippen LogP contribution >= 0.6 is 7.60 Å². The summed E-state index contributed by atoms with van der Waals surface area (Å²) in [4.78, 5) is 12.0. The van der Waals surface area contributed by atoms with Crippen molar-refractivity contribution < 1.29 is 18.7 Å². The average molecular weight is 262 g/mol. The Morgan fingerprint density at radius 1 is 1.56 bits per heavy atom. The number of aromatic nitrogens is 2. The van der Waals surface area contributed by atoms with Crippen LogP contribution in [0.15, 0.2) is 30.5 Å². The summed E-state index contributed by atoms with van der Waals surface area (Å²) in [5, 5.41) is 4.80. The summed E-state index contributed by atoms with van der Waals surface area (Å²) in [5.74, 6) is 2.14. The highest BCUT2D eigenvalue weighted by Gasteiger charge is 2.20. The summed E-state index contributed by atoms with van der Waals surface area (Å²) >= 11 is 0. The first-order valence-electron chi connectivity index (χ1n) is 5.20. The first kappa shape index (κ1) is 12.7. The number of fused-ring (bicyclic) bond motifs is 1. The fourth-order valence-electron chi connectivity index (χ4n) is 1.63. The van der Waals surface area contributed by atoms with Gasteiger partial charge >= 0.3 is 0 Å². The Kier molecular flexibility index (Phi) is 3.44. The Labute approximate surface area is 105 Å². The second-order valence-electron chi connectivity index (χ2n) is 3.68. The molecule has 0 aliphatic heterocycles. The molecule has 0 bridgehead atoms. The summed E-state index contributed by atoms with van der Waals surface area (Å²) < 4.78 is 18.2. The van der Waals surface area contributed by atoms with Crippen molar-refractivity contribution in [3.63, 3.8) is 0 Å². The van der Waals surface area contributed by atoms with E-state index >= 15 is 0 Å². The van der Waals surface area contributed by atoms with E-state index in [1.165, 1.54) is 10.9 Å². The van der Waals surface area contributed by atoms with Crippen LogP contribution in [0.2, 0.25) is 0 Å². The van der Waals surface area contributed by atoms with Gasteiger partial charge < -0.3 is 14.0 Å². The van der Waals surface area contributed by atoms with E-state index in [-0.39, 0.29) is 11.9 Å². The Morgan fingerprint density at radius 3 is 3.00 bits per heavy atom. The number of benzene rings is 1. The lowest BCUT2D eigenvalue weighted by atomic mass is 10.2. The average Bonchev–Trinajstić information content (AvgIpc) is 2.35. The molecule has 2 rings (SSSR count). The normalized spacial score (nSPS) is 14.1. The van der Waals surface area contributed by atoms with E-state index in [1.807, 2.05) is 0 Å². The molecule has 1 aromatic heterocycles. The molecule has 0 N–H and O–H groups in total. The second kappa shape index (κ2) is 4.87. The van der Waals surface area contributed by atoms with Crippen molar-refractivity contribution in [1.82, 2.24) is 5.10 Å². The molecular formula is C12H11N2O3P. The molecule has 0 amide bonds. The van der Waals surface area contributed by atoms with Gasteiger partial charge in [0, 0.05) is 5.39 Å². The lowest BCUT2D eigenvalue weighted by Gasteiger charge is -2.21. The first-order valence-corrected chi connectivity index (χ1v) is 6.74. The molecule has 1 heterocycles. The summed E-state index contributed by atoms with van der Waals surface area (Å²) in [5.41, 5.74) is 0.581. The van der Waals surface area contributed by atoms with Crippen LogP contribution in [0.3, 0.4) is 0 Å². The minimum absolute atomic E-state index is 0.0888. The van der Waals surface area contributed by atoms with Gasteiger partial charge in [0.25, 0.3) is 0 Å². The predicted molar refractivity (Wildman–Crippen MR) is 64.9 cm³/mol. The van der Waals surface area contributed by atoms with Gasteiger partial charge in [-0.3, -0.25) is 0 Å². The molecule has 0 fully saturated rings. The number of aryl methyl sites for hydroxylation is 1. The van der Waals surface area contributed by atoms with Crippen molar-refractivity contribution in [2.75, 3.05) is 6.61 Å². The van der Waals surface area contributed by atoms with Crippen LogP contribution in [0.1, 0.15) is 0 Å². The second-order valence-corrected chi connectivity index (χ2v) is 5.42. The third-order valence-corrected chi connectivity index (χ3v) is 3.78. The van der Waals surface area contributed by atoms with E-state index < -0.39 is 7.60 Å². The summed E-state index contributed by atoms with van der Waals surface area (Å²) in [6.07, 6.45) is 6.41. The Balaban J connectivity index is 2.63. The highest BCUT2D eigenvalue weighted by Crippen LogP contribution is 2.37. The molecule has 0 aliphatic rings. The lowest BCUT2D eigenvalue weighted by Crippen LogP contribution is -2.38. The minimum Gasteiger partial charge on any atom is -0.775 e. The molecule has 0 saturated heterocycles. The van der Waals surface area contributed by atoms with E-state index in [9.17, 15) is 9.46 Å². The molecule has 0 radical (unpaired) electrons. The van der Waals surface area contributed by atoms with Crippen molar-refractivity contribution in [3.05, 3.63) is 30.5 Å². The van der Waals surface area contributed by atoms with Crippen LogP contribution in [-0.2, 0) is 16.1 Å². The number of nitrogens with zero attached hydrogens (tertiary/aromatic N) is 2. The van der Waals surface area contributed by atoms with Crippen molar-refractivity contribution in [2.45, 2.75) is 0 Å². The Hall–Kier alpha value is -1.73. The van der Waals surface area contributed by atoms with E-state index in [0.29, 0.717) is 10.9 Å². The van der Waals surface area contributed by atoms with Gasteiger partial charge in [-0.1, -0.05) is 28.8 Å². The molecule has 5 nitrogen and oxygen atoms in total. The largest absolute Gasteiger partial charge is 0.775 e. The molecule has 18 heavy (non-hydrogen) atoms. The first-order chi connectivity index (χ1) is 8.54. The molecule has 1 aromatic carbocycles. The summed E-state index contributed by atoms with van der Waals surface area (Å²) in [6, 6.07) is 6.95. The molecule has 2 aromatic rings. The standard InChI is InChI=1S/C12H11N2O3P/c1-3-8-17-18(15,16)12-9-14(2)13-11-7-5-4-6-10(11)12/h1,4-7,9H,8H2,2H3. The van der Waals surface area contributed by atoms with Crippen molar-refractivity contribution in [3.8, 4) is 12.3 Å². The number of hydrogen-bond acceptors (Lipinski definition) is 4. The van der Waals surface area contributed by atoms with E-state index in [1.54, 1.807) is 31.3 Å². The fourth-order valence-corrected chi connectivity index (χ4v) is 2.81. The maximum absolute atomic E-state index is 12.0. The third-order valence-electron chi connectivity index (χ3n) is 2.37. The molecule has 1 atom stereocenters. The molecule has 0 saturated carbocycles. The Morgan fingerprint density at radius 2 is 2.28 bits per heavy atom. The molecular weight excluding hydrogens is 251 g/mol. The van der Waals surface area contributed by atoms with Gasteiger partial charge in [0.05, 0.1) is 5.30 Å². The smallest absolute Gasteiger partial charge is 0.208 e. The molecule has 0 aliphatic carbocycles. The van der Waals surface area contributed by atoms with E-state index in [0.717, 1.165) is 0 Å². The highest BCUT2D eigenvalue weighted by atomic mass is 31.2. The van der Waals surface area contributed by atoms with Crippen LogP contribution in [0.25, 0.3) is 10.9 Å². The van der Waals surface area contributed by atoms with Crippen LogP contribution in [0, 0.1) is 12.3 Å². The van der Waals surface area contributed by atoms with Crippen molar-refractivity contribution >= 4 is 23.8 Å². The van der Waals surface area contributed by atoms with Gasteiger partial charge in [0.15, 0.2) is 14.6 Å². The predicted octanol–water partition coefficient (Wildman–Crippen LogP) is -0.112. The van der Waals surface area contributed by atoms with Gasteiger partial charge in [-0.15, -0.1) is 6.42 Å².